The number of nitrogens with zero attached hydrogens (tertiary/aromatic N) is 3. The minimum absolute atomic E-state index is 0.0770. The van der Waals surface area contributed by atoms with E-state index in [4.69, 9.17) is 4.52 Å². The molecule has 8 nitrogen and oxygen atoms in total. The van der Waals surface area contributed by atoms with Gasteiger partial charge in [-0.15, -0.1) is 0 Å². The van der Waals surface area contributed by atoms with Crippen LogP contribution in [-0.4, -0.2) is 53.5 Å². The van der Waals surface area contributed by atoms with Crippen molar-refractivity contribution in [2.75, 3.05) is 13.1 Å². The Morgan fingerprint density at radius 2 is 1.59 bits per heavy atom. The van der Waals surface area contributed by atoms with Crippen LogP contribution in [0.1, 0.15) is 63.4 Å². The number of benzene rings is 2. The van der Waals surface area contributed by atoms with Gasteiger partial charge in [-0.1, -0.05) is 29.4 Å². The van der Waals surface area contributed by atoms with Gasteiger partial charge >= 0.3 is 0 Å². The third-order valence-electron chi connectivity index (χ3n) is 6.34. The lowest BCUT2D eigenvalue weighted by Gasteiger charge is -2.32. The molecular weight excluding hydrogens is 430 g/mol. The lowest BCUT2D eigenvalue weighted by molar-refractivity contribution is 0.0979. The van der Waals surface area contributed by atoms with E-state index in [0.29, 0.717) is 52.6 Å². The van der Waals surface area contributed by atoms with Gasteiger partial charge in [0.2, 0.25) is 0 Å². The molecule has 5 rings (SSSR count). The lowest BCUT2D eigenvalue weighted by atomic mass is 9.83. The molecule has 1 aromatic heterocycles. The molecule has 1 aliphatic heterocycles. The summed E-state index contributed by atoms with van der Waals surface area (Å²) in [7, 11) is -2.48. The highest BCUT2D eigenvalue weighted by Crippen LogP contribution is 2.32. The second-order valence-corrected chi connectivity index (χ2v) is 9.47. The number of carbonyl (C=O) groups is 2. The smallest absolute Gasteiger partial charge is 0.257 e. The van der Waals surface area contributed by atoms with E-state index in [1.165, 1.54) is 0 Å². The van der Waals surface area contributed by atoms with E-state index in [1.54, 1.807) is 49.4 Å². The second kappa shape index (κ2) is 8.07. The van der Waals surface area contributed by atoms with E-state index in [9.17, 15) is 18.0 Å². The van der Waals surface area contributed by atoms with Crippen molar-refractivity contribution in [2.45, 2.75) is 31.1 Å². The molecule has 2 aliphatic rings. The van der Waals surface area contributed by atoms with E-state index in [-0.39, 0.29) is 17.5 Å². The molecule has 0 radical (unpaired) electrons. The summed E-state index contributed by atoms with van der Waals surface area (Å²) in [6.45, 7) is 2.99. The van der Waals surface area contributed by atoms with Crippen LogP contribution in [-0.2, 0) is 10.7 Å². The Hall–Kier alpha value is -3.17. The van der Waals surface area contributed by atoms with Gasteiger partial charge in [-0.2, -0.15) is 4.98 Å². The van der Waals surface area contributed by atoms with Crippen molar-refractivity contribution in [3.05, 3.63) is 70.5 Å². The van der Waals surface area contributed by atoms with Crippen molar-refractivity contribution in [2.24, 2.45) is 0 Å². The van der Waals surface area contributed by atoms with Crippen molar-refractivity contribution in [3.63, 3.8) is 0 Å². The summed E-state index contributed by atoms with van der Waals surface area (Å²) < 4.78 is 27.9. The fourth-order valence-electron chi connectivity index (χ4n) is 4.42. The minimum atomic E-state index is -2.48. The number of hydrogen-bond acceptors (Lipinski definition) is 8. The summed E-state index contributed by atoms with van der Waals surface area (Å²) in [4.78, 5) is 32.2. The third kappa shape index (κ3) is 3.47. The highest BCUT2D eigenvalue weighted by atomic mass is 32.2. The number of likely N-dealkylation sites (tertiary alicyclic amines) is 1. The number of piperidine rings is 1. The topological polar surface area (TPSA) is 110 Å². The van der Waals surface area contributed by atoms with Crippen LogP contribution < -0.4 is 0 Å². The monoisotopic (exact) mass is 451 g/mol. The van der Waals surface area contributed by atoms with Gasteiger partial charge in [0.25, 0.3) is 5.89 Å². The number of hydrogen-bond donors (Lipinski definition) is 1. The Labute approximate surface area is 186 Å². The van der Waals surface area contributed by atoms with Crippen LogP contribution in [0.3, 0.4) is 0 Å². The van der Waals surface area contributed by atoms with E-state index in [1.807, 2.05) is 4.90 Å². The molecule has 0 amide bonds. The van der Waals surface area contributed by atoms with Crippen LogP contribution >= 0.6 is 0 Å². The zero-order valence-electron chi connectivity index (χ0n) is 17.4. The second-order valence-electron chi connectivity index (χ2n) is 8.15. The molecule has 0 spiro atoms. The predicted octanol–water partition coefficient (Wildman–Crippen LogP) is 2.65. The summed E-state index contributed by atoms with van der Waals surface area (Å²) in [6, 6.07) is 11.8. The molecule has 2 heterocycles. The Morgan fingerprint density at radius 3 is 2.25 bits per heavy atom. The van der Waals surface area contributed by atoms with E-state index < -0.39 is 16.1 Å². The van der Waals surface area contributed by atoms with Crippen LogP contribution in [0.15, 0.2) is 47.0 Å². The predicted molar refractivity (Wildman–Crippen MR) is 116 cm³/mol. The highest BCUT2D eigenvalue weighted by molar-refractivity contribution is 7.73. The molecule has 2 aromatic carbocycles. The zero-order valence-corrected chi connectivity index (χ0v) is 18.2. The number of thiol groups is 1. The van der Waals surface area contributed by atoms with Crippen LogP contribution in [0.5, 0.6) is 0 Å². The fourth-order valence-corrected chi connectivity index (χ4v) is 4.91. The Bertz CT molecular complexity index is 1300. The molecule has 1 atom stereocenters. The van der Waals surface area contributed by atoms with Gasteiger partial charge in [0, 0.05) is 46.8 Å². The molecule has 1 fully saturated rings. The number of ketones is 2. The van der Waals surface area contributed by atoms with Crippen LogP contribution in [0.2, 0.25) is 0 Å². The number of aromatic nitrogens is 2. The molecular formula is C23H21N3O5S. The van der Waals surface area contributed by atoms with Gasteiger partial charge in [0.1, 0.15) is 5.37 Å². The molecule has 32 heavy (non-hydrogen) atoms. The molecule has 1 unspecified atom stereocenters. The normalized spacial score (nSPS) is 17.9. The number of fused-ring (bicyclic) bond motifs is 2. The van der Waals surface area contributed by atoms with Gasteiger partial charge in [0.05, 0.1) is 0 Å². The van der Waals surface area contributed by atoms with Gasteiger partial charge in [-0.3, -0.25) is 14.5 Å². The quantitative estimate of drug-likeness (QED) is 0.472. The minimum Gasteiger partial charge on any atom is -0.334 e. The summed E-state index contributed by atoms with van der Waals surface area (Å²) in [5, 5.41) is 3.65. The number of carbonyl (C=O) groups excluding carboxylic acids is 2. The van der Waals surface area contributed by atoms with Crippen molar-refractivity contribution in [3.8, 4) is 11.5 Å². The molecule has 3 aromatic rings. The molecule has 1 saturated heterocycles. The van der Waals surface area contributed by atoms with Crippen LogP contribution in [0.4, 0.5) is 0 Å². The van der Waals surface area contributed by atoms with Gasteiger partial charge in [-0.25, -0.2) is 8.42 Å². The summed E-state index contributed by atoms with van der Waals surface area (Å²) in [5.74, 6) is 0.571. The first-order valence-electron chi connectivity index (χ1n) is 10.5. The van der Waals surface area contributed by atoms with Crippen molar-refractivity contribution >= 4 is 22.3 Å². The van der Waals surface area contributed by atoms with Gasteiger partial charge in [0.15, 0.2) is 28.1 Å². The van der Waals surface area contributed by atoms with Crippen molar-refractivity contribution < 1.29 is 22.5 Å². The maximum Gasteiger partial charge on any atom is 0.257 e. The summed E-state index contributed by atoms with van der Waals surface area (Å²) >= 11 is 0. The first kappa shape index (κ1) is 20.7. The largest absolute Gasteiger partial charge is 0.334 e. The van der Waals surface area contributed by atoms with E-state index in [0.717, 1.165) is 12.8 Å². The number of rotatable bonds is 4. The maximum atomic E-state index is 13.0. The third-order valence-corrected chi connectivity index (χ3v) is 7.28. The SMILES string of the molecule is CC(N1CCC(c2noc(-c3ccc4c(c3)C(=O)c3ccccc3C4=O)n2)CC1)[SH](=O)=O. The molecule has 0 bridgehead atoms. The molecule has 9 heteroatoms. The lowest BCUT2D eigenvalue weighted by Crippen LogP contribution is -2.40. The van der Waals surface area contributed by atoms with Gasteiger partial charge < -0.3 is 4.52 Å². The van der Waals surface area contributed by atoms with E-state index >= 15 is 0 Å². The fraction of sp³-hybridized carbons (Fsp3) is 0.304. The average molecular weight is 452 g/mol. The average Bonchev–Trinajstić information content (AvgIpc) is 3.32. The molecule has 1 aliphatic carbocycles. The zero-order chi connectivity index (χ0) is 22.4. The van der Waals surface area contributed by atoms with Crippen molar-refractivity contribution in [1.29, 1.82) is 0 Å². The Balaban J connectivity index is 1.38. The standard InChI is InChI=1S/C23H21N3O5S/c1-13(32(29)30)26-10-8-14(9-11-26)22-24-23(31-25-22)15-6-7-18-19(12-15)21(28)17-5-3-2-4-16(17)20(18)27/h2-7,12-14,32H,8-11H2,1H3. The van der Waals surface area contributed by atoms with E-state index in [2.05, 4.69) is 10.1 Å². The summed E-state index contributed by atoms with van der Waals surface area (Å²) in [5.41, 5.74) is 2.10. The first-order valence-corrected chi connectivity index (χ1v) is 11.7. The summed E-state index contributed by atoms with van der Waals surface area (Å²) in [6.07, 6.45) is 1.47. The highest BCUT2D eigenvalue weighted by Gasteiger charge is 2.31. The first-order chi connectivity index (χ1) is 15.4. The Morgan fingerprint density at radius 1 is 0.969 bits per heavy atom. The maximum absolute atomic E-state index is 13.0. The molecule has 0 saturated carbocycles. The molecule has 164 valence electrons. The Kier molecular flexibility index (Phi) is 5.22. The van der Waals surface area contributed by atoms with Crippen LogP contribution in [0, 0.1) is 0 Å². The molecule has 0 N–H and O–H groups in total. The van der Waals surface area contributed by atoms with Crippen molar-refractivity contribution in [1.82, 2.24) is 15.0 Å². The van der Waals surface area contributed by atoms with Crippen LogP contribution in [0.25, 0.3) is 11.5 Å². The van der Waals surface area contributed by atoms with Gasteiger partial charge in [-0.05, 0) is 38.0 Å².